The number of benzene rings is 1. The number of halogens is 1. The molecule has 0 aliphatic rings. The molecule has 0 saturated heterocycles. The molecule has 0 radical (unpaired) electrons. The van der Waals surface area contributed by atoms with Crippen LogP contribution in [0.3, 0.4) is 0 Å². The molecular formula is C13H18ClNO2. The fraction of sp³-hybridized carbons (Fsp3) is 0.462. The average Bonchev–Trinajstić information content (AvgIpc) is 2.14. The normalized spacial score (nSPS) is 14.1. The fourth-order valence-electron chi connectivity index (χ4n) is 1.72. The number of phenolic OH excluding ortho intramolecular Hbond substituents is 1. The fourth-order valence-corrected chi connectivity index (χ4v) is 1.99. The van der Waals surface area contributed by atoms with E-state index in [2.05, 4.69) is 5.32 Å². The van der Waals surface area contributed by atoms with Gasteiger partial charge in [-0.15, -0.1) is 11.6 Å². The molecule has 0 aliphatic carbocycles. The van der Waals surface area contributed by atoms with E-state index in [1.807, 2.05) is 19.9 Å². The quantitative estimate of drug-likeness (QED) is 0.794. The first-order chi connectivity index (χ1) is 7.97. The topological polar surface area (TPSA) is 49.3 Å². The summed E-state index contributed by atoms with van der Waals surface area (Å²) >= 11 is 5.85. The zero-order chi connectivity index (χ0) is 12.8. The molecule has 0 fully saturated rings. The Morgan fingerprint density at radius 2 is 2.18 bits per heavy atom. The van der Waals surface area contributed by atoms with Gasteiger partial charge < -0.3 is 10.4 Å². The molecule has 0 spiro atoms. The summed E-state index contributed by atoms with van der Waals surface area (Å²) in [5, 5.41) is 12.2. The van der Waals surface area contributed by atoms with Gasteiger partial charge in [-0.05, 0) is 38.0 Å². The van der Waals surface area contributed by atoms with E-state index in [4.69, 9.17) is 11.6 Å². The maximum atomic E-state index is 11.7. The Balaban J connectivity index is 2.44. The largest absolute Gasteiger partial charge is 0.508 e. The Kier molecular flexibility index (Phi) is 5.29. The minimum absolute atomic E-state index is 0.0473. The third-order valence-electron chi connectivity index (χ3n) is 2.36. The molecule has 0 saturated carbocycles. The molecule has 2 atom stereocenters. The van der Waals surface area contributed by atoms with Crippen LogP contribution in [0.5, 0.6) is 5.75 Å². The van der Waals surface area contributed by atoms with E-state index in [-0.39, 0.29) is 29.5 Å². The minimum atomic E-state index is -0.0552. The zero-order valence-electron chi connectivity index (χ0n) is 10.1. The summed E-state index contributed by atoms with van der Waals surface area (Å²) in [4.78, 5) is 11.7. The summed E-state index contributed by atoms with van der Waals surface area (Å²) in [6.45, 7) is 3.83. The number of carbonyl (C=O) groups is 1. The third-order valence-corrected chi connectivity index (χ3v) is 2.54. The van der Waals surface area contributed by atoms with Crippen molar-refractivity contribution < 1.29 is 9.90 Å². The molecule has 4 heteroatoms. The van der Waals surface area contributed by atoms with Crippen LogP contribution in [-0.2, 0) is 11.2 Å². The van der Waals surface area contributed by atoms with Gasteiger partial charge in [-0.2, -0.15) is 0 Å². The van der Waals surface area contributed by atoms with Crippen molar-refractivity contribution in [2.45, 2.75) is 38.1 Å². The Bertz CT molecular complexity index is 379. The maximum absolute atomic E-state index is 11.7. The standard InChI is InChI=1S/C13H18ClNO2/c1-9(14)6-10(2)15-13(17)8-11-4-3-5-12(16)7-11/h3-5,7,9-10,16H,6,8H2,1-2H3,(H,15,17). The number of rotatable bonds is 5. The lowest BCUT2D eigenvalue weighted by Gasteiger charge is -2.15. The van der Waals surface area contributed by atoms with E-state index < -0.39 is 0 Å². The molecule has 1 aromatic carbocycles. The SMILES string of the molecule is CC(Cl)CC(C)NC(=O)Cc1cccc(O)c1. The van der Waals surface area contributed by atoms with E-state index >= 15 is 0 Å². The monoisotopic (exact) mass is 255 g/mol. The number of aromatic hydroxyl groups is 1. The van der Waals surface area contributed by atoms with Gasteiger partial charge in [0.2, 0.25) is 5.91 Å². The number of alkyl halides is 1. The van der Waals surface area contributed by atoms with Gasteiger partial charge in [-0.25, -0.2) is 0 Å². The molecule has 1 aromatic rings. The van der Waals surface area contributed by atoms with Crippen LogP contribution in [0, 0.1) is 0 Å². The third kappa shape index (κ3) is 5.59. The smallest absolute Gasteiger partial charge is 0.224 e. The van der Waals surface area contributed by atoms with E-state index in [1.165, 1.54) is 0 Å². The summed E-state index contributed by atoms with van der Waals surface area (Å²) in [5.41, 5.74) is 0.800. The molecular weight excluding hydrogens is 238 g/mol. The molecule has 94 valence electrons. The summed E-state index contributed by atoms with van der Waals surface area (Å²) in [6.07, 6.45) is 1.02. The van der Waals surface area contributed by atoms with E-state index in [0.29, 0.717) is 0 Å². The molecule has 1 amide bonds. The lowest BCUT2D eigenvalue weighted by molar-refractivity contribution is -0.121. The Hall–Kier alpha value is -1.22. The Morgan fingerprint density at radius 3 is 2.76 bits per heavy atom. The van der Waals surface area contributed by atoms with Gasteiger partial charge in [0.05, 0.1) is 6.42 Å². The Morgan fingerprint density at radius 1 is 1.47 bits per heavy atom. The van der Waals surface area contributed by atoms with E-state index in [1.54, 1.807) is 18.2 Å². The second-order valence-electron chi connectivity index (χ2n) is 4.33. The second-order valence-corrected chi connectivity index (χ2v) is 5.08. The van der Waals surface area contributed by atoms with Gasteiger partial charge in [0, 0.05) is 11.4 Å². The van der Waals surface area contributed by atoms with Gasteiger partial charge in [-0.3, -0.25) is 4.79 Å². The highest BCUT2D eigenvalue weighted by Crippen LogP contribution is 2.11. The van der Waals surface area contributed by atoms with Crippen LogP contribution < -0.4 is 5.32 Å². The highest BCUT2D eigenvalue weighted by molar-refractivity contribution is 6.20. The van der Waals surface area contributed by atoms with Gasteiger partial charge >= 0.3 is 0 Å². The first kappa shape index (κ1) is 13.8. The molecule has 0 heterocycles. The summed E-state index contributed by atoms with van der Waals surface area (Å²) in [7, 11) is 0. The van der Waals surface area contributed by atoms with Crippen molar-refractivity contribution in [3.63, 3.8) is 0 Å². The highest BCUT2D eigenvalue weighted by atomic mass is 35.5. The predicted octanol–water partition coefficient (Wildman–Crippen LogP) is 2.46. The van der Waals surface area contributed by atoms with Crippen molar-refractivity contribution in [3.8, 4) is 5.75 Å². The summed E-state index contributed by atoms with van der Waals surface area (Å²) in [6, 6.07) is 6.77. The minimum Gasteiger partial charge on any atom is -0.508 e. The van der Waals surface area contributed by atoms with Crippen LogP contribution in [0.1, 0.15) is 25.8 Å². The number of hydrogen-bond donors (Lipinski definition) is 2. The van der Waals surface area contributed by atoms with E-state index in [9.17, 15) is 9.90 Å². The molecule has 1 rings (SSSR count). The number of nitrogens with one attached hydrogen (secondary N) is 1. The average molecular weight is 256 g/mol. The number of carbonyl (C=O) groups excluding carboxylic acids is 1. The number of hydrogen-bond acceptors (Lipinski definition) is 2. The maximum Gasteiger partial charge on any atom is 0.224 e. The van der Waals surface area contributed by atoms with Crippen molar-refractivity contribution in [2.75, 3.05) is 0 Å². The van der Waals surface area contributed by atoms with Crippen LogP contribution in [0.15, 0.2) is 24.3 Å². The molecule has 0 aromatic heterocycles. The molecule has 3 nitrogen and oxygen atoms in total. The summed E-state index contributed by atoms with van der Waals surface area (Å²) in [5.74, 6) is 0.123. The lowest BCUT2D eigenvalue weighted by atomic mass is 10.1. The van der Waals surface area contributed by atoms with Crippen molar-refractivity contribution >= 4 is 17.5 Å². The molecule has 2 unspecified atom stereocenters. The first-order valence-corrected chi connectivity index (χ1v) is 6.12. The van der Waals surface area contributed by atoms with Gasteiger partial charge in [0.1, 0.15) is 5.75 Å². The second kappa shape index (κ2) is 6.50. The van der Waals surface area contributed by atoms with Crippen LogP contribution >= 0.6 is 11.6 Å². The molecule has 17 heavy (non-hydrogen) atoms. The van der Waals surface area contributed by atoms with Crippen molar-refractivity contribution in [2.24, 2.45) is 0 Å². The Labute approximate surface area is 107 Å². The van der Waals surface area contributed by atoms with Crippen LogP contribution in [0.25, 0.3) is 0 Å². The predicted molar refractivity (Wildman–Crippen MR) is 69.3 cm³/mol. The zero-order valence-corrected chi connectivity index (χ0v) is 10.9. The molecule has 0 bridgehead atoms. The van der Waals surface area contributed by atoms with Gasteiger partial charge in [0.15, 0.2) is 0 Å². The van der Waals surface area contributed by atoms with Crippen molar-refractivity contribution in [1.82, 2.24) is 5.32 Å². The van der Waals surface area contributed by atoms with Crippen molar-refractivity contribution in [1.29, 1.82) is 0 Å². The number of phenols is 1. The van der Waals surface area contributed by atoms with Crippen LogP contribution in [-0.4, -0.2) is 22.4 Å². The van der Waals surface area contributed by atoms with Crippen LogP contribution in [0.2, 0.25) is 0 Å². The molecule has 0 aliphatic heterocycles. The van der Waals surface area contributed by atoms with Gasteiger partial charge in [-0.1, -0.05) is 12.1 Å². The van der Waals surface area contributed by atoms with E-state index in [0.717, 1.165) is 12.0 Å². The van der Waals surface area contributed by atoms with Crippen LogP contribution in [0.4, 0.5) is 0 Å². The van der Waals surface area contributed by atoms with Gasteiger partial charge in [0.25, 0.3) is 0 Å². The lowest BCUT2D eigenvalue weighted by Crippen LogP contribution is -2.34. The van der Waals surface area contributed by atoms with Crippen molar-refractivity contribution in [3.05, 3.63) is 29.8 Å². The molecule has 2 N–H and O–H groups in total. The first-order valence-electron chi connectivity index (χ1n) is 5.68. The summed E-state index contributed by atoms with van der Waals surface area (Å²) < 4.78 is 0. The highest BCUT2D eigenvalue weighted by Gasteiger charge is 2.10. The number of amides is 1.